The summed E-state index contributed by atoms with van der Waals surface area (Å²) in [5, 5.41) is 15.0. The van der Waals surface area contributed by atoms with Gasteiger partial charge >= 0.3 is 0 Å². The van der Waals surface area contributed by atoms with Gasteiger partial charge in [-0.15, -0.1) is 17.5 Å². The van der Waals surface area contributed by atoms with Crippen LogP contribution in [0.15, 0.2) is 24.3 Å². The van der Waals surface area contributed by atoms with Crippen molar-refractivity contribution in [3.63, 3.8) is 0 Å². The first-order chi connectivity index (χ1) is 11.2. The third-order valence-corrected chi connectivity index (χ3v) is 4.85. The number of likely N-dealkylation sites (tertiary alicyclic amines) is 1. The molecule has 4 rings (SSSR count). The van der Waals surface area contributed by atoms with Gasteiger partial charge in [-0.3, -0.25) is 4.79 Å². The summed E-state index contributed by atoms with van der Waals surface area (Å²) >= 11 is 0. The number of nitrogens with zero attached hydrogens (tertiary/aromatic N) is 5. The number of carbonyl (C=O) groups excluding carboxylic acids is 1. The van der Waals surface area contributed by atoms with Gasteiger partial charge in [0.2, 0.25) is 0 Å². The SMILES string of the molecule is Cc1nnnn1-c1cccc(C(=O)N2C[C@@H]3CCCN[C@@H]3C2)c1.Cl. The average molecular weight is 349 g/mol. The maximum absolute atomic E-state index is 12.8. The van der Waals surface area contributed by atoms with E-state index in [4.69, 9.17) is 0 Å². The molecule has 24 heavy (non-hydrogen) atoms. The van der Waals surface area contributed by atoms with E-state index in [2.05, 4.69) is 20.8 Å². The van der Waals surface area contributed by atoms with Crippen molar-refractivity contribution in [2.75, 3.05) is 19.6 Å². The van der Waals surface area contributed by atoms with E-state index in [0.717, 1.165) is 25.3 Å². The molecule has 0 radical (unpaired) electrons. The monoisotopic (exact) mass is 348 g/mol. The van der Waals surface area contributed by atoms with Crippen molar-refractivity contribution in [2.24, 2.45) is 5.92 Å². The van der Waals surface area contributed by atoms with Crippen molar-refractivity contribution < 1.29 is 4.79 Å². The molecule has 8 heteroatoms. The normalized spacial score (nSPS) is 22.8. The standard InChI is InChI=1S/C16H20N6O.ClH/c1-11-18-19-20-22(11)14-6-2-4-12(8-14)16(23)21-9-13-5-3-7-17-15(13)10-21;/h2,4,6,8,13,15,17H,3,5,7,9-10H2,1H3;1H/t13-,15+;/m0./s1. The maximum atomic E-state index is 12.8. The molecule has 2 aromatic rings. The predicted molar refractivity (Wildman–Crippen MR) is 91.6 cm³/mol. The molecule has 2 fully saturated rings. The fourth-order valence-electron chi connectivity index (χ4n) is 3.64. The van der Waals surface area contributed by atoms with E-state index in [1.54, 1.807) is 4.68 Å². The Kier molecular flexibility index (Phi) is 4.82. The highest BCUT2D eigenvalue weighted by atomic mass is 35.5. The van der Waals surface area contributed by atoms with Crippen LogP contribution in [0.1, 0.15) is 29.0 Å². The molecule has 1 amide bonds. The topological polar surface area (TPSA) is 75.9 Å². The molecule has 2 aliphatic heterocycles. The summed E-state index contributed by atoms with van der Waals surface area (Å²) in [6.45, 7) is 4.56. The van der Waals surface area contributed by atoms with Crippen LogP contribution in [0.5, 0.6) is 0 Å². The molecule has 2 atom stereocenters. The van der Waals surface area contributed by atoms with Crippen molar-refractivity contribution in [3.8, 4) is 5.69 Å². The summed E-state index contributed by atoms with van der Waals surface area (Å²) in [6, 6.07) is 7.97. The van der Waals surface area contributed by atoms with Crippen LogP contribution in [0.3, 0.4) is 0 Å². The first-order valence-corrected chi connectivity index (χ1v) is 8.10. The molecular formula is C16H21ClN6O. The van der Waals surface area contributed by atoms with Crippen LogP contribution < -0.4 is 5.32 Å². The molecule has 2 saturated heterocycles. The second-order valence-corrected chi connectivity index (χ2v) is 6.36. The zero-order chi connectivity index (χ0) is 15.8. The van der Waals surface area contributed by atoms with Gasteiger partial charge in [-0.2, -0.15) is 4.68 Å². The fraction of sp³-hybridized carbons (Fsp3) is 0.500. The number of carbonyl (C=O) groups is 1. The molecule has 3 heterocycles. The minimum Gasteiger partial charge on any atom is -0.337 e. The van der Waals surface area contributed by atoms with E-state index in [1.807, 2.05) is 36.1 Å². The summed E-state index contributed by atoms with van der Waals surface area (Å²) in [7, 11) is 0. The summed E-state index contributed by atoms with van der Waals surface area (Å²) in [6.07, 6.45) is 2.42. The molecule has 2 aliphatic rings. The van der Waals surface area contributed by atoms with E-state index in [-0.39, 0.29) is 18.3 Å². The molecular weight excluding hydrogens is 328 g/mol. The Morgan fingerprint density at radius 1 is 1.33 bits per heavy atom. The number of fused-ring (bicyclic) bond motifs is 1. The van der Waals surface area contributed by atoms with Gasteiger partial charge in [0.05, 0.1) is 5.69 Å². The number of rotatable bonds is 2. The Labute approximate surface area is 146 Å². The summed E-state index contributed by atoms with van der Waals surface area (Å²) in [5.74, 6) is 1.39. The van der Waals surface area contributed by atoms with Crippen molar-refractivity contribution in [1.29, 1.82) is 0 Å². The smallest absolute Gasteiger partial charge is 0.253 e. The van der Waals surface area contributed by atoms with E-state index in [9.17, 15) is 4.79 Å². The maximum Gasteiger partial charge on any atom is 0.253 e. The number of hydrogen-bond donors (Lipinski definition) is 1. The fourth-order valence-corrected chi connectivity index (χ4v) is 3.64. The van der Waals surface area contributed by atoms with Crippen LogP contribution in [0.25, 0.3) is 5.69 Å². The molecule has 0 unspecified atom stereocenters. The number of halogens is 1. The number of tetrazole rings is 1. The minimum absolute atomic E-state index is 0. The Morgan fingerprint density at radius 2 is 2.21 bits per heavy atom. The van der Waals surface area contributed by atoms with Crippen LogP contribution in [0, 0.1) is 12.8 Å². The van der Waals surface area contributed by atoms with Gasteiger partial charge in [-0.25, -0.2) is 0 Å². The lowest BCUT2D eigenvalue weighted by Gasteiger charge is -2.24. The minimum atomic E-state index is 0. The number of benzene rings is 1. The third kappa shape index (κ3) is 3.01. The number of nitrogens with one attached hydrogen (secondary N) is 1. The Bertz CT molecular complexity index is 719. The highest BCUT2D eigenvalue weighted by molar-refractivity contribution is 5.95. The molecule has 128 valence electrons. The third-order valence-electron chi connectivity index (χ3n) is 4.85. The van der Waals surface area contributed by atoms with E-state index < -0.39 is 0 Å². The van der Waals surface area contributed by atoms with E-state index >= 15 is 0 Å². The van der Waals surface area contributed by atoms with Crippen molar-refractivity contribution >= 4 is 18.3 Å². The summed E-state index contributed by atoms with van der Waals surface area (Å²) in [4.78, 5) is 14.8. The summed E-state index contributed by atoms with van der Waals surface area (Å²) in [5.41, 5.74) is 1.50. The average Bonchev–Trinajstić information content (AvgIpc) is 3.20. The predicted octanol–water partition coefficient (Wildman–Crippen LogP) is 1.22. The number of aryl methyl sites for hydroxylation is 1. The van der Waals surface area contributed by atoms with Gasteiger partial charge < -0.3 is 10.2 Å². The molecule has 0 bridgehead atoms. The quantitative estimate of drug-likeness (QED) is 0.883. The largest absolute Gasteiger partial charge is 0.337 e. The lowest BCUT2D eigenvalue weighted by atomic mass is 9.94. The molecule has 1 N–H and O–H groups in total. The molecule has 1 aromatic carbocycles. The first-order valence-electron chi connectivity index (χ1n) is 8.10. The van der Waals surface area contributed by atoms with Crippen molar-refractivity contribution in [3.05, 3.63) is 35.7 Å². The molecule has 7 nitrogen and oxygen atoms in total. The van der Waals surface area contributed by atoms with Gasteiger partial charge in [0, 0.05) is 24.7 Å². The van der Waals surface area contributed by atoms with Crippen LogP contribution in [-0.4, -0.2) is 56.7 Å². The van der Waals surface area contributed by atoms with Crippen molar-refractivity contribution in [2.45, 2.75) is 25.8 Å². The zero-order valence-electron chi connectivity index (χ0n) is 13.6. The van der Waals surface area contributed by atoms with E-state index in [1.165, 1.54) is 12.8 Å². The van der Waals surface area contributed by atoms with Gasteiger partial charge in [0.25, 0.3) is 5.91 Å². The lowest BCUT2D eigenvalue weighted by Crippen LogP contribution is -2.41. The first kappa shape index (κ1) is 16.9. The highest BCUT2D eigenvalue weighted by Crippen LogP contribution is 2.26. The molecule has 0 aliphatic carbocycles. The van der Waals surface area contributed by atoms with Crippen molar-refractivity contribution in [1.82, 2.24) is 30.4 Å². The number of aromatic nitrogens is 4. The molecule has 1 aromatic heterocycles. The Hall–Kier alpha value is -1.99. The van der Waals surface area contributed by atoms with Crippen LogP contribution in [0.4, 0.5) is 0 Å². The Morgan fingerprint density at radius 3 is 2.96 bits per heavy atom. The van der Waals surface area contributed by atoms with Crippen LogP contribution >= 0.6 is 12.4 Å². The highest BCUT2D eigenvalue weighted by Gasteiger charge is 2.36. The summed E-state index contributed by atoms with van der Waals surface area (Å²) < 4.78 is 1.64. The number of piperidine rings is 1. The van der Waals surface area contributed by atoms with Gasteiger partial charge in [-0.05, 0) is 60.9 Å². The van der Waals surface area contributed by atoms with Crippen LogP contribution in [-0.2, 0) is 0 Å². The second kappa shape index (κ2) is 6.86. The zero-order valence-corrected chi connectivity index (χ0v) is 14.4. The van der Waals surface area contributed by atoms with Gasteiger partial charge in [0.1, 0.15) is 0 Å². The second-order valence-electron chi connectivity index (χ2n) is 6.36. The lowest BCUT2D eigenvalue weighted by molar-refractivity contribution is 0.0785. The van der Waals surface area contributed by atoms with E-state index in [0.29, 0.717) is 23.3 Å². The number of hydrogen-bond acceptors (Lipinski definition) is 5. The van der Waals surface area contributed by atoms with Crippen LogP contribution in [0.2, 0.25) is 0 Å². The molecule has 0 spiro atoms. The number of amides is 1. The molecule has 0 saturated carbocycles. The van der Waals surface area contributed by atoms with Gasteiger partial charge in [-0.1, -0.05) is 6.07 Å². The Balaban J connectivity index is 0.00000169. The van der Waals surface area contributed by atoms with Gasteiger partial charge in [0.15, 0.2) is 5.82 Å².